The van der Waals surface area contributed by atoms with E-state index in [0.717, 1.165) is 0 Å². The molecule has 0 radical (unpaired) electrons. The zero-order chi connectivity index (χ0) is 14.8. The number of hydrogen-bond acceptors (Lipinski definition) is 5. The lowest BCUT2D eigenvalue weighted by Crippen LogP contribution is -2.34. The lowest BCUT2D eigenvalue weighted by molar-refractivity contribution is -0.143. The predicted molar refractivity (Wildman–Crippen MR) is 74.0 cm³/mol. The fourth-order valence-electron chi connectivity index (χ4n) is 2.54. The lowest BCUT2D eigenvalue weighted by Gasteiger charge is -2.25. The minimum Gasteiger partial charge on any atom is -0.492 e. The summed E-state index contributed by atoms with van der Waals surface area (Å²) in [5, 5.41) is 9.62. The molecule has 1 aliphatic heterocycles. The van der Waals surface area contributed by atoms with Crippen LogP contribution in [-0.4, -0.2) is 34.1 Å². The second kappa shape index (κ2) is 5.57. The summed E-state index contributed by atoms with van der Waals surface area (Å²) in [5.74, 6) is 0.939. The molecule has 2 aromatic rings. The molecule has 2 heterocycles. The van der Waals surface area contributed by atoms with Crippen LogP contribution in [0.25, 0.3) is 0 Å². The summed E-state index contributed by atoms with van der Waals surface area (Å²) >= 11 is 0. The number of ether oxygens (including phenoxy) is 1. The maximum atomic E-state index is 11.7. The molecule has 6 nitrogen and oxygen atoms in total. The number of hydrogen-bond donors (Lipinski definition) is 1. The molecule has 1 N–H and O–H groups in total. The molecule has 110 valence electrons. The molecule has 0 bridgehead atoms. The maximum Gasteiger partial charge on any atom is 0.325 e. The Hall–Kier alpha value is -2.34. The molecule has 3 rings (SSSR count). The first-order valence-corrected chi connectivity index (χ1v) is 6.75. The third-order valence-corrected chi connectivity index (χ3v) is 3.46. The first-order chi connectivity index (χ1) is 10.1. The standard InChI is InChI=1S/C15H16N2O4/c1-10-8-16-13(21-10)9-17-6-7-20-12-5-3-2-4-11(12)14(17)15(18)19/h2-5,8,14H,6-7,9H2,1H3,(H,18,19). The number of nitrogens with zero attached hydrogens (tertiary/aromatic N) is 2. The van der Waals surface area contributed by atoms with E-state index in [4.69, 9.17) is 9.15 Å². The van der Waals surface area contributed by atoms with Crippen molar-refractivity contribution in [3.05, 3.63) is 47.7 Å². The van der Waals surface area contributed by atoms with Crippen LogP contribution in [0.4, 0.5) is 0 Å². The minimum atomic E-state index is -0.906. The molecule has 1 aliphatic rings. The topological polar surface area (TPSA) is 75.8 Å². The van der Waals surface area contributed by atoms with E-state index in [1.54, 1.807) is 23.2 Å². The summed E-state index contributed by atoms with van der Waals surface area (Å²) in [6, 6.07) is 6.47. The average molecular weight is 288 g/mol. The Balaban J connectivity index is 1.94. The highest BCUT2D eigenvalue weighted by Gasteiger charge is 2.32. The molecular formula is C15H16N2O4. The Morgan fingerprint density at radius 3 is 3.00 bits per heavy atom. The normalized spacial score (nSPS) is 18.6. The van der Waals surface area contributed by atoms with E-state index in [0.29, 0.717) is 42.7 Å². The molecule has 0 aliphatic carbocycles. The van der Waals surface area contributed by atoms with Crippen molar-refractivity contribution in [2.45, 2.75) is 19.5 Å². The van der Waals surface area contributed by atoms with Gasteiger partial charge in [0.25, 0.3) is 0 Å². The minimum absolute atomic E-state index is 0.336. The van der Waals surface area contributed by atoms with E-state index < -0.39 is 12.0 Å². The summed E-state index contributed by atoms with van der Waals surface area (Å²) < 4.78 is 11.1. The van der Waals surface area contributed by atoms with Gasteiger partial charge in [0.1, 0.15) is 24.2 Å². The van der Waals surface area contributed by atoms with Gasteiger partial charge < -0.3 is 14.3 Å². The maximum absolute atomic E-state index is 11.7. The Morgan fingerprint density at radius 2 is 2.29 bits per heavy atom. The molecule has 0 saturated carbocycles. The first kappa shape index (κ1) is 13.6. The third kappa shape index (κ3) is 2.75. The van der Waals surface area contributed by atoms with Crippen LogP contribution >= 0.6 is 0 Å². The number of oxazole rings is 1. The van der Waals surface area contributed by atoms with Gasteiger partial charge in [-0.1, -0.05) is 18.2 Å². The van der Waals surface area contributed by atoms with Gasteiger partial charge in [0.05, 0.1) is 12.7 Å². The number of rotatable bonds is 3. The number of carboxylic acids is 1. The van der Waals surface area contributed by atoms with Gasteiger partial charge in [-0.2, -0.15) is 0 Å². The van der Waals surface area contributed by atoms with Gasteiger partial charge in [-0.15, -0.1) is 0 Å². The van der Waals surface area contributed by atoms with Crippen LogP contribution in [0, 0.1) is 6.92 Å². The van der Waals surface area contributed by atoms with Crippen molar-refractivity contribution in [2.75, 3.05) is 13.2 Å². The van der Waals surface area contributed by atoms with Crippen molar-refractivity contribution < 1.29 is 19.1 Å². The van der Waals surface area contributed by atoms with Crippen LogP contribution in [-0.2, 0) is 11.3 Å². The van der Waals surface area contributed by atoms with Gasteiger partial charge in [-0.05, 0) is 13.0 Å². The zero-order valence-electron chi connectivity index (χ0n) is 11.7. The van der Waals surface area contributed by atoms with Crippen molar-refractivity contribution in [3.8, 4) is 5.75 Å². The quantitative estimate of drug-likeness (QED) is 0.931. The number of carbonyl (C=O) groups is 1. The van der Waals surface area contributed by atoms with E-state index in [2.05, 4.69) is 4.98 Å². The Morgan fingerprint density at radius 1 is 1.48 bits per heavy atom. The Labute approximate surface area is 122 Å². The molecule has 0 fully saturated rings. The molecule has 1 atom stereocenters. The number of para-hydroxylation sites is 1. The summed E-state index contributed by atoms with van der Waals surface area (Å²) in [7, 11) is 0. The summed E-state index contributed by atoms with van der Waals surface area (Å²) in [6.45, 7) is 3.07. The largest absolute Gasteiger partial charge is 0.492 e. The smallest absolute Gasteiger partial charge is 0.325 e. The Bertz CT molecular complexity index is 653. The van der Waals surface area contributed by atoms with E-state index in [1.165, 1.54) is 0 Å². The fraction of sp³-hybridized carbons (Fsp3) is 0.333. The molecule has 21 heavy (non-hydrogen) atoms. The number of fused-ring (bicyclic) bond motifs is 1. The number of aromatic nitrogens is 1. The van der Waals surface area contributed by atoms with Gasteiger partial charge in [-0.25, -0.2) is 4.98 Å². The number of benzene rings is 1. The Kier molecular flexibility index (Phi) is 3.62. The lowest BCUT2D eigenvalue weighted by atomic mass is 10.0. The second-order valence-corrected chi connectivity index (χ2v) is 4.96. The van der Waals surface area contributed by atoms with Crippen molar-refractivity contribution >= 4 is 5.97 Å². The SMILES string of the molecule is Cc1cnc(CN2CCOc3ccccc3C2C(=O)O)o1. The van der Waals surface area contributed by atoms with Gasteiger partial charge in [0.2, 0.25) is 5.89 Å². The van der Waals surface area contributed by atoms with Crippen LogP contribution in [0.5, 0.6) is 5.75 Å². The summed E-state index contributed by atoms with van der Waals surface area (Å²) in [5.41, 5.74) is 0.658. The van der Waals surface area contributed by atoms with Crippen LogP contribution in [0.3, 0.4) is 0 Å². The number of aliphatic carboxylic acids is 1. The van der Waals surface area contributed by atoms with Crippen molar-refractivity contribution in [3.63, 3.8) is 0 Å². The van der Waals surface area contributed by atoms with Crippen LogP contribution in [0.1, 0.15) is 23.3 Å². The van der Waals surface area contributed by atoms with Gasteiger partial charge in [0.15, 0.2) is 0 Å². The zero-order valence-corrected chi connectivity index (χ0v) is 11.7. The highest BCUT2D eigenvalue weighted by molar-refractivity contribution is 5.76. The van der Waals surface area contributed by atoms with E-state index in [1.807, 2.05) is 19.1 Å². The second-order valence-electron chi connectivity index (χ2n) is 4.96. The molecule has 0 amide bonds. The van der Waals surface area contributed by atoms with Crippen LogP contribution in [0.2, 0.25) is 0 Å². The first-order valence-electron chi connectivity index (χ1n) is 6.75. The molecule has 1 unspecified atom stereocenters. The summed E-state index contributed by atoms with van der Waals surface area (Å²) in [4.78, 5) is 17.7. The van der Waals surface area contributed by atoms with Crippen molar-refractivity contribution in [1.29, 1.82) is 0 Å². The fourth-order valence-corrected chi connectivity index (χ4v) is 2.54. The molecule has 0 saturated heterocycles. The highest BCUT2D eigenvalue weighted by Crippen LogP contribution is 2.32. The third-order valence-electron chi connectivity index (χ3n) is 3.46. The number of aryl methyl sites for hydroxylation is 1. The van der Waals surface area contributed by atoms with Crippen molar-refractivity contribution in [2.24, 2.45) is 0 Å². The summed E-state index contributed by atoms with van der Waals surface area (Å²) in [6.07, 6.45) is 1.63. The highest BCUT2D eigenvalue weighted by atomic mass is 16.5. The van der Waals surface area contributed by atoms with Gasteiger partial charge in [-0.3, -0.25) is 9.69 Å². The van der Waals surface area contributed by atoms with Gasteiger partial charge in [0, 0.05) is 12.1 Å². The van der Waals surface area contributed by atoms with E-state index >= 15 is 0 Å². The molecule has 0 spiro atoms. The number of carboxylic acid groups (broad SMARTS) is 1. The van der Waals surface area contributed by atoms with E-state index in [9.17, 15) is 9.90 Å². The van der Waals surface area contributed by atoms with Crippen LogP contribution < -0.4 is 4.74 Å². The molecular weight excluding hydrogens is 272 g/mol. The average Bonchev–Trinajstić information content (AvgIpc) is 2.76. The molecule has 1 aromatic carbocycles. The van der Waals surface area contributed by atoms with Gasteiger partial charge >= 0.3 is 5.97 Å². The van der Waals surface area contributed by atoms with Crippen molar-refractivity contribution in [1.82, 2.24) is 9.88 Å². The van der Waals surface area contributed by atoms with Crippen LogP contribution in [0.15, 0.2) is 34.9 Å². The predicted octanol–water partition coefficient (Wildman–Crippen LogP) is 2.00. The monoisotopic (exact) mass is 288 g/mol. The van der Waals surface area contributed by atoms with E-state index in [-0.39, 0.29) is 0 Å². The molecule has 6 heteroatoms. The molecule has 1 aromatic heterocycles.